The van der Waals surface area contributed by atoms with Crippen molar-refractivity contribution >= 4 is 5.97 Å². The zero-order valence-electron chi connectivity index (χ0n) is 17.8. The van der Waals surface area contributed by atoms with Crippen LogP contribution in [0.3, 0.4) is 0 Å². The van der Waals surface area contributed by atoms with Crippen LogP contribution in [0.15, 0.2) is 54.6 Å². The van der Waals surface area contributed by atoms with Gasteiger partial charge in [-0.2, -0.15) is 0 Å². The third-order valence-corrected chi connectivity index (χ3v) is 4.89. The van der Waals surface area contributed by atoms with Crippen molar-refractivity contribution in [1.82, 2.24) is 9.55 Å². The van der Waals surface area contributed by atoms with Gasteiger partial charge in [-0.3, -0.25) is 4.79 Å². The lowest BCUT2D eigenvalue weighted by Gasteiger charge is -2.10. The van der Waals surface area contributed by atoms with E-state index in [1.165, 1.54) is 11.1 Å². The third-order valence-electron chi connectivity index (χ3n) is 4.89. The number of esters is 1. The molecule has 0 bridgehead atoms. The second kappa shape index (κ2) is 13.6. The number of methoxy groups -OCH3 is 1. The molecule has 29 heavy (non-hydrogen) atoms. The van der Waals surface area contributed by atoms with Crippen LogP contribution >= 0.6 is 0 Å². The summed E-state index contributed by atoms with van der Waals surface area (Å²) in [5.74, 6) is 0.819. The molecule has 0 saturated carbocycles. The topological polar surface area (TPSA) is 53.4 Å². The number of carbonyl (C=O) groups is 1. The molecule has 2 aromatic rings. The van der Waals surface area contributed by atoms with E-state index in [1.807, 2.05) is 37.8 Å². The number of benzene rings is 1. The van der Waals surface area contributed by atoms with Gasteiger partial charge in [-0.15, -0.1) is 0 Å². The number of hydrogen-bond acceptors (Lipinski definition) is 4. The maximum atomic E-state index is 11.4. The molecule has 2 rings (SSSR count). The van der Waals surface area contributed by atoms with E-state index in [9.17, 15) is 4.79 Å². The number of ether oxygens (including phenoxy) is 2. The zero-order valence-corrected chi connectivity index (χ0v) is 17.8. The summed E-state index contributed by atoms with van der Waals surface area (Å²) < 4.78 is 12.3. The number of unbranched alkanes of at least 4 members (excludes halogenated alkanes) is 3. The Kier molecular flexibility index (Phi) is 10.6. The first-order valence-corrected chi connectivity index (χ1v) is 10.6. The van der Waals surface area contributed by atoms with E-state index in [4.69, 9.17) is 9.47 Å². The Morgan fingerprint density at radius 2 is 1.93 bits per heavy atom. The molecule has 0 aliphatic carbocycles. The Labute approximate surface area is 174 Å². The average molecular weight is 399 g/mol. The van der Waals surface area contributed by atoms with Crippen LogP contribution in [0.4, 0.5) is 0 Å². The molecule has 1 aromatic heterocycles. The predicted molar refractivity (Wildman–Crippen MR) is 116 cm³/mol. The van der Waals surface area contributed by atoms with Gasteiger partial charge in [-0.05, 0) is 63.1 Å². The van der Waals surface area contributed by atoms with Gasteiger partial charge in [0.2, 0.25) is 0 Å². The van der Waals surface area contributed by atoms with Crippen LogP contribution in [0, 0.1) is 0 Å². The van der Waals surface area contributed by atoms with Gasteiger partial charge in [-0.25, -0.2) is 4.98 Å². The number of aromatic nitrogens is 2. The summed E-state index contributed by atoms with van der Waals surface area (Å²) in [5, 5.41) is 0. The first-order chi connectivity index (χ1) is 14.2. The molecule has 5 heteroatoms. The summed E-state index contributed by atoms with van der Waals surface area (Å²) in [6, 6.07) is 8.32. The van der Waals surface area contributed by atoms with Gasteiger partial charge in [0.05, 0.1) is 20.0 Å². The highest BCUT2D eigenvalue weighted by molar-refractivity contribution is 5.69. The first kappa shape index (κ1) is 22.7. The van der Waals surface area contributed by atoms with Crippen molar-refractivity contribution in [3.63, 3.8) is 0 Å². The standard InChI is InChI=1S/C24H34N2O3/c1-3-29-24(27)12-7-5-4-6-9-22(19-26-18-17-25-20-26)11-8-10-21-13-15-23(28-2)16-14-21/h9,13-18,20H,3-8,10-12,19H2,1-2H3. The van der Waals surface area contributed by atoms with Gasteiger partial charge in [0.1, 0.15) is 5.75 Å². The SMILES string of the molecule is CCOC(=O)CCCCCC=C(CCCc1ccc(OC)cc1)Cn1ccnc1. The maximum Gasteiger partial charge on any atom is 0.305 e. The van der Waals surface area contributed by atoms with Gasteiger partial charge in [0.15, 0.2) is 0 Å². The zero-order chi connectivity index (χ0) is 20.7. The van der Waals surface area contributed by atoms with E-state index in [0.717, 1.165) is 57.2 Å². The summed E-state index contributed by atoms with van der Waals surface area (Å²) in [7, 11) is 1.69. The van der Waals surface area contributed by atoms with Crippen LogP contribution in [-0.2, 0) is 22.5 Å². The second-order valence-electron chi connectivity index (χ2n) is 7.20. The lowest BCUT2D eigenvalue weighted by molar-refractivity contribution is -0.143. The van der Waals surface area contributed by atoms with Crippen molar-refractivity contribution in [2.24, 2.45) is 0 Å². The molecule has 0 amide bonds. The summed E-state index contributed by atoms with van der Waals surface area (Å²) in [6.45, 7) is 3.21. The minimum Gasteiger partial charge on any atom is -0.497 e. The van der Waals surface area contributed by atoms with Crippen molar-refractivity contribution in [3.05, 3.63) is 60.2 Å². The quantitative estimate of drug-likeness (QED) is 0.244. The fourth-order valence-corrected chi connectivity index (χ4v) is 3.30. The fraction of sp³-hybridized carbons (Fsp3) is 0.500. The molecular formula is C24H34N2O3. The molecule has 0 radical (unpaired) electrons. The molecule has 5 nitrogen and oxygen atoms in total. The molecule has 0 unspecified atom stereocenters. The van der Waals surface area contributed by atoms with Crippen LogP contribution in [0.2, 0.25) is 0 Å². The summed E-state index contributed by atoms with van der Waals surface area (Å²) >= 11 is 0. The molecule has 0 N–H and O–H groups in total. The van der Waals surface area contributed by atoms with Gasteiger partial charge >= 0.3 is 5.97 Å². The molecule has 0 fully saturated rings. The highest BCUT2D eigenvalue weighted by atomic mass is 16.5. The van der Waals surface area contributed by atoms with E-state index in [2.05, 4.69) is 27.8 Å². The van der Waals surface area contributed by atoms with Crippen molar-refractivity contribution in [2.75, 3.05) is 13.7 Å². The first-order valence-electron chi connectivity index (χ1n) is 10.6. The fourth-order valence-electron chi connectivity index (χ4n) is 3.30. The molecule has 158 valence electrons. The minimum absolute atomic E-state index is 0.0811. The average Bonchev–Trinajstić information content (AvgIpc) is 3.24. The monoisotopic (exact) mass is 398 g/mol. The Hall–Kier alpha value is -2.56. The summed E-state index contributed by atoms with van der Waals surface area (Å²) in [6.07, 6.45) is 16.0. The number of aryl methyl sites for hydroxylation is 1. The molecule has 1 heterocycles. The van der Waals surface area contributed by atoms with Crippen LogP contribution in [-0.4, -0.2) is 29.2 Å². The van der Waals surface area contributed by atoms with E-state index in [0.29, 0.717) is 13.0 Å². The van der Waals surface area contributed by atoms with Gasteiger partial charge < -0.3 is 14.0 Å². The van der Waals surface area contributed by atoms with E-state index >= 15 is 0 Å². The second-order valence-corrected chi connectivity index (χ2v) is 7.20. The minimum atomic E-state index is -0.0811. The molecule has 0 saturated heterocycles. The number of hydrogen-bond donors (Lipinski definition) is 0. The third kappa shape index (κ3) is 9.46. The number of imidazole rings is 1. The number of carbonyl (C=O) groups excluding carboxylic acids is 1. The summed E-state index contributed by atoms with van der Waals surface area (Å²) in [4.78, 5) is 15.5. The molecule has 0 atom stereocenters. The Bertz CT molecular complexity index is 721. The lowest BCUT2D eigenvalue weighted by atomic mass is 10.0. The lowest BCUT2D eigenvalue weighted by Crippen LogP contribution is -2.03. The molecule has 1 aromatic carbocycles. The molecule has 0 aliphatic rings. The van der Waals surface area contributed by atoms with E-state index in [1.54, 1.807) is 7.11 Å². The van der Waals surface area contributed by atoms with Crippen LogP contribution in [0.1, 0.15) is 57.4 Å². The number of nitrogens with zero attached hydrogens (tertiary/aromatic N) is 2. The van der Waals surface area contributed by atoms with Crippen LogP contribution < -0.4 is 4.74 Å². The Balaban J connectivity index is 1.76. The van der Waals surface area contributed by atoms with Crippen LogP contribution in [0.25, 0.3) is 0 Å². The summed E-state index contributed by atoms with van der Waals surface area (Å²) in [5.41, 5.74) is 2.79. The van der Waals surface area contributed by atoms with Crippen molar-refractivity contribution in [2.45, 2.75) is 64.8 Å². The van der Waals surface area contributed by atoms with Crippen LogP contribution in [0.5, 0.6) is 5.75 Å². The largest absolute Gasteiger partial charge is 0.497 e. The van der Waals surface area contributed by atoms with Crippen molar-refractivity contribution in [3.8, 4) is 5.75 Å². The maximum absolute atomic E-state index is 11.4. The van der Waals surface area contributed by atoms with Crippen molar-refractivity contribution in [1.29, 1.82) is 0 Å². The van der Waals surface area contributed by atoms with Gasteiger partial charge in [0.25, 0.3) is 0 Å². The molecule has 0 aliphatic heterocycles. The Morgan fingerprint density at radius 1 is 1.10 bits per heavy atom. The van der Waals surface area contributed by atoms with E-state index in [-0.39, 0.29) is 5.97 Å². The highest BCUT2D eigenvalue weighted by Crippen LogP contribution is 2.17. The number of allylic oxidation sites excluding steroid dienone is 2. The normalized spacial score (nSPS) is 11.4. The highest BCUT2D eigenvalue weighted by Gasteiger charge is 2.03. The van der Waals surface area contributed by atoms with Gasteiger partial charge in [-0.1, -0.05) is 30.2 Å². The predicted octanol–water partition coefficient (Wildman–Crippen LogP) is 5.35. The van der Waals surface area contributed by atoms with Crippen molar-refractivity contribution < 1.29 is 14.3 Å². The Morgan fingerprint density at radius 3 is 2.62 bits per heavy atom. The smallest absolute Gasteiger partial charge is 0.305 e. The molecular weight excluding hydrogens is 364 g/mol. The number of rotatable bonds is 14. The molecule has 0 spiro atoms. The van der Waals surface area contributed by atoms with E-state index < -0.39 is 0 Å². The van der Waals surface area contributed by atoms with Gasteiger partial charge in [0, 0.05) is 25.4 Å².